The molecule has 0 spiro atoms. The first-order valence-electron chi connectivity index (χ1n) is 7.85. The first-order chi connectivity index (χ1) is 10.1. The van der Waals surface area contributed by atoms with Crippen LogP contribution in [0.25, 0.3) is 0 Å². The maximum Gasteiger partial charge on any atom is 0.141 e. The second-order valence-corrected chi connectivity index (χ2v) is 6.11. The van der Waals surface area contributed by atoms with Crippen molar-refractivity contribution >= 4 is 5.82 Å². The van der Waals surface area contributed by atoms with Crippen LogP contribution in [-0.2, 0) is 6.54 Å². The first-order valence-corrected chi connectivity index (χ1v) is 7.85. The van der Waals surface area contributed by atoms with Gasteiger partial charge in [0.05, 0.1) is 6.20 Å². The molecule has 0 saturated carbocycles. The molecule has 0 amide bonds. The average molecular weight is 294 g/mol. The Hall–Kier alpha value is -1.20. The average Bonchev–Trinajstić information content (AvgIpc) is 2.84. The lowest BCUT2D eigenvalue weighted by Crippen LogP contribution is -2.29. The van der Waals surface area contributed by atoms with E-state index in [9.17, 15) is 4.39 Å². The molecule has 2 rings (SSSR count). The summed E-state index contributed by atoms with van der Waals surface area (Å²) in [6, 6.07) is 1.60. The van der Waals surface area contributed by atoms with E-state index >= 15 is 0 Å². The number of nitrogens with zero attached hydrogens (tertiary/aromatic N) is 3. The van der Waals surface area contributed by atoms with E-state index in [1.807, 2.05) is 0 Å². The predicted molar refractivity (Wildman–Crippen MR) is 85.1 cm³/mol. The summed E-state index contributed by atoms with van der Waals surface area (Å²) in [5.41, 5.74) is 0.942. The zero-order chi connectivity index (χ0) is 15.2. The van der Waals surface area contributed by atoms with E-state index in [-0.39, 0.29) is 5.82 Å². The summed E-state index contributed by atoms with van der Waals surface area (Å²) in [5, 5.41) is 3.33. The Morgan fingerprint density at radius 3 is 3.00 bits per heavy atom. The molecular formula is C16H27FN4. The molecule has 1 aliphatic rings. The predicted octanol–water partition coefficient (Wildman–Crippen LogP) is 2.11. The maximum atomic E-state index is 13.5. The van der Waals surface area contributed by atoms with Gasteiger partial charge in [-0.25, -0.2) is 9.37 Å². The van der Waals surface area contributed by atoms with Gasteiger partial charge in [-0.05, 0) is 45.0 Å². The fourth-order valence-corrected chi connectivity index (χ4v) is 3.00. The maximum absolute atomic E-state index is 13.5. The molecule has 0 aromatic carbocycles. The van der Waals surface area contributed by atoms with Crippen LogP contribution in [0.2, 0.25) is 0 Å². The molecule has 4 nitrogen and oxygen atoms in total. The summed E-state index contributed by atoms with van der Waals surface area (Å²) >= 11 is 0. The van der Waals surface area contributed by atoms with Gasteiger partial charge in [-0.1, -0.05) is 6.92 Å². The Morgan fingerprint density at radius 1 is 1.52 bits per heavy atom. The van der Waals surface area contributed by atoms with E-state index in [4.69, 9.17) is 0 Å². The standard InChI is InChI=1S/C16H27FN4/c1-4-6-18-9-14-8-15(17)10-19-16(14)21(3)12-13-5-7-20(2)11-13/h8,10,13,18H,4-7,9,11-12H2,1-3H3. The van der Waals surface area contributed by atoms with Crippen LogP contribution < -0.4 is 10.2 Å². The fraction of sp³-hybridized carbons (Fsp3) is 0.688. The van der Waals surface area contributed by atoms with Crippen LogP contribution in [0.3, 0.4) is 0 Å². The van der Waals surface area contributed by atoms with Gasteiger partial charge in [0.25, 0.3) is 0 Å². The highest BCUT2D eigenvalue weighted by atomic mass is 19.1. The van der Waals surface area contributed by atoms with Gasteiger partial charge in [-0.2, -0.15) is 0 Å². The van der Waals surface area contributed by atoms with Crippen LogP contribution in [0, 0.1) is 11.7 Å². The highest BCUT2D eigenvalue weighted by Gasteiger charge is 2.22. The molecule has 1 fully saturated rings. The number of hydrogen-bond acceptors (Lipinski definition) is 4. The monoisotopic (exact) mass is 294 g/mol. The molecule has 2 heterocycles. The fourth-order valence-electron chi connectivity index (χ4n) is 3.00. The van der Waals surface area contributed by atoms with E-state index in [2.05, 4.69) is 41.1 Å². The van der Waals surface area contributed by atoms with Crippen molar-refractivity contribution in [2.75, 3.05) is 45.2 Å². The third-order valence-corrected chi connectivity index (χ3v) is 4.03. The Balaban J connectivity index is 2.02. The van der Waals surface area contributed by atoms with Crippen molar-refractivity contribution in [1.29, 1.82) is 0 Å². The van der Waals surface area contributed by atoms with Crippen LogP contribution in [0.15, 0.2) is 12.3 Å². The summed E-state index contributed by atoms with van der Waals surface area (Å²) in [5.74, 6) is 1.30. The largest absolute Gasteiger partial charge is 0.359 e. The number of likely N-dealkylation sites (tertiary alicyclic amines) is 1. The number of hydrogen-bond donors (Lipinski definition) is 1. The topological polar surface area (TPSA) is 31.4 Å². The van der Waals surface area contributed by atoms with Gasteiger partial charge < -0.3 is 15.1 Å². The van der Waals surface area contributed by atoms with Crippen molar-refractivity contribution in [1.82, 2.24) is 15.2 Å². The highest BCUT2D eigenvalue weighted by Crippen LogP contribution is 2.21. The molecule has 1 N–H and O–H groups in total. The number of pyridine rings is 1. The number of rotatable bonds is 7. The zero-order valence-electron chi connectivity index (χ0n) is 13.4. The number of halogens is 1. The second kappa shape index (κ2) is 7.71. The minimum atomic E-state index is -0.263. The lowest BCUT2D eigenvalue weighted by molar-refractivity contribution is 0.395. The molecule has 21 heavy (non-hydrogen) atoms. The van der Waals surface area contributed by atoms with Crippen molar-refractivity contribution < 1.29 is 4.39 Å². The molecular weight excluding hydrogens is 267 g/mol. The third-order valence-electron chi connectivity index (χ3n) is 4.03. The van der Waals surface area contributed by atoms with Crippen LogP contribution in [0.4, 0.5) is 10.2 Å². The van der Waals surface area contributed by atoms with Crippen molar-refractivity contribution in [3.05, 3.63) is 23.6 Å². The van der Waals surface area contributed by atoms with E-state index in [0.29, 0.717) is 12.5 Å². The van der Waals surface area contributed by atoms with Gasteiger partial charge in [-0.15, -0.1) is 0 Å². The normalized spacial score (nSPS) is 19.1. The van der Waals surface area contributed by atoms with Gasteiger partial charge in [-0.3, -0.25) is 0 Å². The SMILES string of the molecule is CCCNCc1cc(F)cnc1N(C)CC1CCN(C)C1. The first kappa shape index (κ1) is 16.2. The Kier molecular flexibility index (Phi) is 5.94. The van der Waals surface area contributed by atoms with Crippen molar-refractivity contribution in [2.24, 2.45) is 5.92 Å². The highest BCUT2D eigenvalue weighted by molar-refractivity contribution is 5.46. The zero-order valence-corrected chi connectivity index (χ0v) is 13.4. The summed E-state index contributed by atoms with van der Waals surface area (Å²) in [6.07, 6.45) is 3.61. The summed E-state index contributed by atoms with van der Waals surface area (Å²) < 4.78 is 13.5. The van der Waals surface area contributed by atoms with Crippen molar-refractivity contribution in [2.45, 2.75) is 26.3 Å². The van der Waals surface area contributed by atoms with Gasteiger partial charge in [0.1, 0.15) is 11.6 Å². The molecule has 118 valence electrons. The molecule has 1 aromatic heterocycles. The van der Waals surface area contributed by atoms with Crippen molar-refractivity contribution in [3.63, 3.8) is 0 Å². The molecule has 0 radical (unpaired) electrons. The minimum Gasteiger partial charge on any atom is -0.359 e. The van der Waals surface area contributed by atoms with Crippen LogP contribution in [0.5, 0.6) is 0 Å². The number of anilines is 1. The molecule has 0 bridgehead atoms. The molecule has 1 aromatic rings. The Labute approximate surface area is 127 Å². The third kappa shape index (κ3) is 4.64. The van der Waals surface area contributed by atoms with Gasteiger partial charge in [0.2, 0.25) is 0 Å². The quantitative estimate of drug-likeness (QED) is 0.781. The van der Waals surface area contributed by atoms with Gasteiger partial charge >= 0.3 is 0 Å². The molecule has 1 saturated heterocycles. The summed E-state index contributed by atoms with van der Waals surface area (Å²) in [6.45, 7) is 7.01. The van der Waals surface area contributed by atoms with Gasteiger partial charge in [0, 0.05) is 32.2 Å². The van der Waals surface area contributed by atoms with E-state index < -0.39 is 0 Å². The van der Waals surface area contributed by atoms with Crippen molar-refractivity contribution in [3.8, 4) is 0 Å². The summed E-state index contributed by atoms with van der Waals surface area (Å²) in [7, 11) is 4.22. The van der Waals surface area contributed by atoms with Crippen LogP contribution >= 0.6 is 0 Å². The smallest absolute Gasteiger partial charge is 0.141 e. The summed E-state index contributed by atoms with van der Waals surface area (Å²) in [4.78, 5) is 8.85. The minimum absolute atomic E-state index is 0.263. The number of nitrogens with one attached hydrogen (secondary N) is 1. The number of aromatic nitrogens is 1. The Bertz CT molecular complexity index is 452. The van der Waals surface area contributed by atoms with Crippen LogP contribution in [-0.4, -0.2) is 50.2 Å². The lowest BCUT2D eigenvalue weighted by atomic mass is 10.1. The van der Waals surface area contributed by atoms with E-state index in [1.165, 1.54) is 19.2 Å². The van der Waals surface area contributed by atoms with E-state index in [1.54, 1.807) is 6.07 Å². The molecule has 0 aliphatic carbocycles. The van der Waals surface area contributed by atoms with E-state index in [0.717, 1.165) is 37.4 Å². The lowest BCUT2D eigenvalue weighted by Gasteiger charge is -2.24. The van der Waals surface area contributed by atoms with Crippen LogP contribution in [0.1, 0.15) is 25.3 Å². The van der Waals surface area contributed by atoms with Gasteiger partial charge in [0.15, 0.2) is 0 Å². The molecule has 1 atom stereocenters. The second-order valence-electron chi connectivity index (χ2n) is 6.11. The Morgan fingerprint density at radius 2 is 2.33 bits per heavy atom. The molecule has 5 heteroatoms. The molecule has 1 aliphatic heterocycles. The molecule has 1 unspecified atom stereocenters.